The van der Waals surface area contributed by atoms with E-state index >= 15 is 0 Å². The summed E-state index contributed by atoms with van der Waals surface area (Å²) < 4.78 is 36.1. The highest BCUT2D eigenvalue weighted by Gasteiger charge is 2.41. The van der Waals surface area contributed by atoms with Crippen LogP contribution in [0, 0.1) is 0 Å². The van der Waals surface area contributed by atoms with Gasteiger partial charge in [-0.15, -0.1) is 11.8 Å². The van der Waals surface area contributed by atoms with Crippen LogP contribution in [0.1, 0.15) is 39.5 Å². The molecule has 4 N–H and O–H groups in total. The number of sulfonamides is 1. The predicted molar refractivity (Wildman–Crippen MR) is 136 cm³/mol. The molecule has 0 saturated carbocycles. The van der Waals surface area contributed by atoms with Crippen LogP contribution < -0.4 is 20.1 Å². The number of nitrogens with zero attached hydrogens (tertiary/aromatic N) is 1. The molecule has 0 radical (unpaired) electrons. The van der Waals surface area contributed by atoms with E-state index in [0.29, 0.717) is 35.7 Å². The van der Waals surface area contributed by atoms with Gasteiger partial charge in [-0.05, 0) is 37.3 Å². The second-order valence-electron chi connectivity index (χ2n) is 8.49. The molecule has 2 aromatic carbocycles. The Morgan fingerprint density at radius 3 is 2.59 bits per heavy atom. The maximum atomic E-state index is 13.7. The van der Waals surface area contributed by atoms with Crippen molar-refractivity contribution in [1.29, 1.82) is 0 Å². The Balaban J connectivity index is 2.18. The molecule has 34 heavy (non-hydrogen) atoms. The summed E-state index contributed by atoms with van der Waals surface area (Å²) in [6.07, 6.45) is 5.06. The van der Waals surface area contributed by atoms with Crippen molar-refractivity contribution in [3.63, 3.8) is 0 Å². The average Bonchev–Trinajstić information content (AvgIpc) is 2.93. The van der Waals surface area contributed by atoms with E-state index in [4.69, 9.17) is 15.6 Å². The molecule has 0 aromatic heterocycles. The molecule has 0 unspecified atom stereocenters. The number of unbranched alkanes of at least 4 members (excludes halogenated alkanes) is 1. The topological polar surface area (TPSA) is 122 Å². The number of nitrogens with two attached hydrogens (primary N) is 1. The lowest BCUT2D eigenvalue weighted by Gasteiger charge is -2.36. The molecule has 0 fully saturated rings. The third-order valence-corrected chi connectivity index (χ3v) is 8.49. The number of para-hydroxylation sites is 1. The normalized spacial score (nSPS) is 20.3. The minimum Gasteiger partial charge on any atom is -0.490 e. The SMILES string of the molecule is CCCC[C@]1(CC)CN(c2ccccc2)c2cc(SC)c(OC[C@H](N)C(=O)O)cc2S(=O)(=O)N1. The number of rotatable bonds is 10. The molecule has 1 aliphatic rings. The van der Waals surface area contributed by atoms with Gasteiger partial charge in [0.15, 0.2) is 0 Å². The van der Waals surface area contributed by atoms with E-state index in [0.717, 1.165) is 18.5 Å². The molecule has 8 nitrogen and oxygen atoms in total. The lowest BCUT2D eigenvalue weighted by molar-refractivity contribution is -0.139. The van der Waals surface area contributed by atoms with Gasteiger partial charge in [0.25, 0.3) is 0 Å². The number of fused-ring (bicyclic) bond motifs is 1. The van der Waals surface area contributed by atoms with Crippen LogP contribution in [0.2, 0.25) is 0 Å². The van der Waals surface area contributed by atoms with Gasteiger partial charge in [-0.25, -0.2) is 13.1 Å². The zero-order valence-corrected chi connectivity index (χ0v) is 21.4. The minimum absolute atomic E-state index is 0.0971. The van der Waals surface area contributed by atoms with E-state index in [1.165, 1.54) is 17.8 Å². The van der Waals surface area contributed by atoms with Crippen LogP contribution in [0.15, 0.2) is 52.3 Å². The highest BCUT2D eigenvalue weighted by Crippen LogP contribution is 2.43. The first kappa shape index (κ1) is 26.3. The Hall–Kier alpha value is -2.27. The number of benzene rings is 2. The van der Waals surface area contributed by atoms with Crippen LogP contribution in [-0.2, 0) is 14.8 Å². The molecule has 1 heterocycles. The van der Waals surface area contributed by atoms with Crippen LogP contribution in [0.4, 0.5) is 11.4 Å². The van der Waals surface area contributed by atoms with E-state index in [1.807, 2.05) is 43.5 Å². The van der Waals surface area contributed by atoms with E-state index in [1.54, 1.807) is 6.07 Å². The van der Waals surface area contributed by atoms with Crippen molar-refractivity contribution in [2.75, 3.05) is 24.3 Å². The number of thioether (sulfide) groups is 1. The molecule has 0 aliphatic carbocycles. The zero-order chi connectivity index (χ0) is 24.9. The van der Waals surface area contributed by atoms with Gasteiger partial charge < -0.3 is 20.5 Å². The van der Waals surface area contributed by atoms with Crippen molar-refractivity contribution in [1.82, 2.24) is 4.72 Å². The van der Waals surface area contributed by atoms with Crippen molar-refractivity contribution >= 4 is 39.1 Å². The molecule has 2 atom stereocenters. The van der Waals surface area contributed by atoms with Gasteiger partial charge in [-0.2, -0.15) is 0 Å². The van der Waals surface area contributed by atoms with Crippen molar-refractivity contribution in [2.24, 2.45) is 5.73 Å². The summed E-state index contributed by atoms with van der Waals surface area (Å²) in [7, 11) is -3.90. The third-order valence-electron chi connectivity index (χ3n) is 6.13. The number of carboxylic acids is 1. The number of hydrogen-bond donors (Lipinski definition) is 3. The monoisotopic (exact) mass is 507 g/mol. The maximum absolute atomic E-state index is 13.7. The molecule has 0 saturated heterocycles. The minimum atomic E-state index is -3.90. The second kappa shape index (κ2) is 11.0. The van der Waals surface area contributed by atoms with E-state index in [2.05, 4.69) is 16.5 Å². The molecule has 0 bridgehead atoms. The second-order valence-corrected chi connectivity index (χ2v) is 11.0. The van der Waals surface area contributed by atoms with Crippen molar-refractivity contribution in [2.45, 2.75) is 60.9 Å². The first-order chi connectivity index (χ1) is 16.2. The lowest BCUT2D eigenvalue weighted by atomic mass is 9.89. The number of nitrogens with one attached hydrogen (secondary N) is 1. The summed E-state index contributed by atoms with van der Waals surface area (Å²) in [5.41, 5.74) is 6.41. The van der Waals surface area contributed by atoms with Crippen molar-refractivity contribution in [3.8, 4) is 5.75 Å². The molecule has 186 valence electrons. The summed E-state index contributed by atoms with van der Waals surface area (Å²) in [6, 6.07) is 11.8. The Labute approximate surface area is 205 Å². The van der Waals surface area contributed by atoms with Gasteiger partial charge in [0, 0.05) is 18.3 Å². The van der Waals surface area contributed by atoms with Gasteiger partial charge in [0.2, 0.25) is 10.0 Å². The Morgan fingerprint density at radius 1 is 1.29 bits per heavy atom. The summed E-state index contributed by atoms with van der Waals surface area (Å²) >= 11 is 1.40. The summed E-state index contributed by atoms with van der Waals surface area (Å²) in [5, 5.41) is 9.09. The van der Waals surface area contributed by atoms with Crippen LogP contribution in [0.25, 0.3) is 0 Å². The largest absolute Gasteiger partial charge is 0.490 e. The standard InChI is InChI=1S/C24H33N3O5S2/c1-4-6-12-24(5-2)16-27(17-10-8-7-9-11-17)19-13-21(33-3)20(32-15-18(25)23(28)29)14-22(19)34(30,31)26-24/h7-11,13-14,18,26H,4-6,12,15-16,25H2,1-3H3,(H,28,29)/t18-,24+/m0/s1. The maximum Gasteiger partial charge on any atom is 0.324 e. The van der Waals surface area contributed by atoms with Gasteiger partial charge in [0.05, 0.1) is 16.1 Å². The van der Waals surface area contributed by atoms with Crippen LogP contribution in [-0.4, -0.2) is 50.5 Å². The molecule has 2 aromatic rings. The lowest BCUT2D eigenvalue weighted by Crippen LogP contribution is -2.52. The fourth-order valence-corrected chi connectivity index (χ4v) is 6.33. The highest BCUT2D eigenvalue weighted by molar-refractivity contribution is 7.98. The Kier molecular flexibility index (Phi) is 8.51. The van der Waals surface area contributed by atoms with Crippen LogP contribution >= 0.6 is 11.8 Å². The number of carboxylic acid groups (broad SMARTS) is 1. The molecule has 0 amide bonds. The molecule has 1 aliphatic heterocycles. The van der Waals surface area contributed by atoms with Crippen LogP contribution in [0.5, 0.6) is 5.75 Å². The fourth-order valence-electron chi connectivity index (χ4n) is 4.08. The number of carbonyl (C=O) groups is 1. The van der Waals surface area contributed by atoms with Gasteiger partial charge in [-0.3, -0.25) is 4.79 Å². The highest BCUT2D eigenvalue weighted by atomic mass is 32.2. The number of aliphatic carboxylic acids is 1. The summed E-state index contributed by atoms with van der Waals surface area (Å²) in [4.78, 5) is 14.0. The molecule has 3 rings (SSSR count). The molecular weight excluding hydrogens is 474 g/mol. The van der Waals surface area contributed by atoms with Crippen molar-refractivity contribution in [3.05, 3.63) is 42.5 Å². The van der Waals surface area contributed by atoms with E-state index < -0.39 is 27.6 Å². The Bertz CT molecular complexity index is 1110. The first-order valence-corrected chi connectivity index (χ1v) is 14.1. The molecular formula is C24H33N3O5S2. The average molecular weight is 508 g/mol. The smallest absolute Gasteiger partial charge is 0.324 e. The van der Waals surface area contributed by atoms with Gasteiger partial charge in [-0.1, -0.05) is 44.9 Å². The first-order valence-electron chi connectivity index (χ1n) is 11.4. The van der Waals surface area contributed by atoms with Crippen molar-refractivity contribution < 1.29 is 23.1 Å². The van der Waals surface area contributed by atoms with E-state index in [9.17, 15) is 13.2 Å². The summed E-state index contributed by atoms with van der Waals surface area (Å²) in [5.74, 6) is -0.896. The van der Waals surface area contributed by atoms with E-state index in [-0.39, 0.29) is 11.5 Å². The van der Waals surface area contributed by atoms with Crippen LogP contribution in [0.3, 0.4) is 0 Å². The quantitative estimate of drug-likeness (QED) is 0.413. The molecule has 10 heteroatoms. The van der Waals surface area contributed by atoms with Gasteiger partial charge >= 0.3 is 5.97 Å². The third kappa shape index (κ3) is 5.68. The zero-order valence-electron chi connectivity index (χ0n) is 19.8. The summed E-state index contributed by atoms with van der Waals surface area (Å²) in [6.45, 7) is 4.31. The fraction of sp³-hybridized carbons (Fsp3) is 0.458. The van der Waals surface area contributed by atoms with Gasteiger partial charge in [0.1, 0.15) is 23.3 Å². The number of anilines is 2. The predicted octanol–water partition coefficient (Wildman–Crippen LogP) is 3.97. The molecule has 0 spiro atoms. The number of ether oxygens (including phenoxy) is 1. The Morgan fingerprint density at radius 2 is 2.00 bits per heavy atom. The number of hydrogen-bond acceptors (Lipinski definition) is 7.